The van der Waals surface area contributed by atoms with Crippen molar-refractivity contribution >= 4 is 35.0 Å². The van der Waals surface area contributed by atoms with Gasteiger partial charge in [-0.05, 0) is 12.1 Å². The summed E-state index contributed by atoms with van der Waals surface area (Å²) < 4.78 is 44.1. The molecule has 23 heavy (non-hydrogen) atoms. The summed E-state index contributed by atoms with van der Waals surface area (Å²) in [5.74, 6) is 0. The van der Waals surface area contributed by atoms with Crippen molar-refractivity contribution in [3.8, 4) is 0 Å². The molecule has 0 aliphatic heterocycles. The second-order valence-electron chi connectivity index (χ2n) is 4.47. The normalized spacial score (nSPS) is 11.4. The van der Waals surface area contributed by atoms with Crippen LogP contribution in [0.15, 0.2) is 24.4 Å². The van der Waals surface area contributed by atoms with Crippen molar-refractivity contribution in [3.63, 3.8) is 0 Å². The summed E-state index contributed by atoms with van der Waals surface area (Å²) in [5, 5.41) is 5.94. The Balaban J connectivity index is 2.06. The maximum atomic E-state index is 12.8. The summed E-state index contributed by atoms with van der Waals surface area (Å²) in [5.41, 5.74) is -1.26. The molecule has 1 aromatic carbocycles. The van der Waals surface area contributed by atoms with Crippen molar-refractivity contribution in [2.24, 2.45) is 7.05 Å². The van der Waals surface area contributed by atoms with Gasteiger partial charge < -0.3 is 4.74 Å². The summed E-state index contributed by atoms with van der Waals surface area (Å²) in [6.07, 6.45) is -4.50. The Kier molecular flexibility index (Phi) is 5.06. The SMILES string of the molecule is Cn1cc(COC(=O)Nc2c(Cl)cccc2Cl)c(C(F)(F)F)n1. The molecule has 0 saturated heterocycles. The van der Waals surface area contributed by atoms with Crippen LogP contribution in [0.25, 0.3) is 0 Å². The molecule has 0 unspecified atom stereocenters. The molecule has 1 amide bonds. The maximum absolute atomic E-state index is 12.8. The van der Waals surface area contributed by atoms with Gasteiger partial charge in [-0.2, -0.15) is 18.3 Å². The zero-order chi connectivity index (χ0) is 17.2. The molecule has 0 radical (unpaired) electrons. The van der Waals surface area contributed by atoms with E-state index in [-0.39, 0.29) is 21.3 Å². The predicted molar refractivity (Wildman–Crippen MR) is 78.5 cm³/mol. The first-order valence-electron chi connectivity index (χ1n) is 6.16. The summed E-state index contributed by atoms with van der Waals surface area (Å²) >= 11 is 11.7. The first-order valence-corrected chi connectivity index (χ1v) is 6.91. The van der Waals surface area contributed by atoms with Crippen LogP contribution in [0.4, 0.5) is 23.7 Å². The molecule has 1 aromatic heterocycles. The van der Waals surface area contributed by atoms with Gasteiger partial charge >= 0.3 is 12.3 Å². The quantitative estimate of drug-likeness (QED) is 0.868. The average molecular weight is 368 g/mol. The van der Waals surface area contributed by atoms with Gasteiger partial charge in [-0.3, -0.25) is 10.00 Å². The summed E-state index contributed by atoms with van der Waals surface area (Å²) in [6, 6.07) is 4.56. The Morgan fingerprint density at radius 3 is 2.52 bits per heavy atom. The number of carbonyl (C=O) groups is 1. The van der Waals surface area contributed by atoms with E-state index in [9.17, 15) is 18.0 Å². The predicted octanol–water partition coefficient (Wildman–Crippen LogP) is 4.49. The lowest BCUT2D eigenvalue weighted by atomic mass is 10.2. The van der Waals surface area contributed by atoms with E-state index >= 15 is 0 Å². The van der Waals surface area contributed by atoms with E-state index < -0.39 is 24.6 Å². The van der Waals surface area contributed by atoms with Crippen molar-refractivity contribution in [3.05, 3.63) is 45.7 Å². The molecule has 0 aliphatic carbocycles. The molecular formula is C13H10Cl2F3N3O2. The Labute approximate surface area is 138 Å². The highest BCUT2D eigenvalue weighted by Crippen LogP contribution is 2.32. The van der Waals surface area contributed by atoms with Gasteiger partial charge in [0.05, 0.1) is 15.7 Å². The van der Waals surface area contributed by atoms with Crippen molar-refractivity contribution in [2.45, 2.75) is 12.8 Å². The van der Waals surface area contributed by atoms with Crippen molar-refractivity contribution in [1.82, 2.24) is 9.78 Å². The summed E-state index contributed by atoms with van der Waals surface area (Å²) in [4.78, 5) is 11.7. The number of ether oxygens (including phenoxy) is 1. The second-order valence-corrected chi connectivity index (χ2v) is 5.29. The topological polar surface area (TPSA) is 56.1 Å². The van der Waals surface area contributed by atoms with Crippen LogP contribution >= 0.6 is 23.2 Å². The minimum Gasteiger partial charge on any atom is -0.444 e. The third-order valence-electron chi connectivity index (χ3n) is 2.72. The van der Waals surface area contributed by atoms with Crippen LogP contribution < -0.4 is 5.32 Å². The van der Waals surface area contributed by atoms with Gasteiger partial charge in [-0.25, -0.2) is 4.79 Å². The number of halogens is 5. The maximum Gasteiger partial charge on any atom is 0.435 e. The fraction of sp³-hybridized carbons (Fsp3) is 0.231. The lowest BCUT2D eigenvalue weighted by Gasteiger charge is -2.10. The Morgan fingerprint density at radius 2 is 1.96 bits per heavy atom. The zero-order valence-electron chi connectivity index (χ0n) is 11.6. The van der Waals surface area contributed by atoms with Gasteiger partial charge in [0.2, 0.25) is 0 Å². The van der Waals surface area contributed by atoms with Crippen molar-refractivity contribution in [1.29, 1.82) is 0 Å². The largest absolute Gasteiger partial charge is 0.444 e. The Bertz CT molecular complexity index is 711. The van der Waals surface area contributed by atoms with E-state index in [1.54, 1.807) is 6.07 Å². The minimum atomic E-state index is -4.64. The molecule has 10 heteroatoms. The highest BCUT2D eigenvalue weighted by atomic mass is 35.5. The zero-order valence-corrected chi connectivity index (χ0v) is 13.1. The van der Waals surface area contributed by atoms with Crippen LogP contribution in [-0.4, -0.2) is 15.9 Å². The third-order valence-corrected chi connectivity index (χ3v) is 3.35. The molecule has 0 bridgehead atoms. The number of nitrogens with zero attached hydrogens (tertiary/aromatic N) is 2. The fourth-order valence-electron chi connectivity index (χ4n) is 1.78. The highest BCUT2D eigenvalue weighted by Gasteiger charge is 2.37. The molecule has 1 heterocycles. The first-order chi connectivity index (χ1) is 10.7. The summed E-state index contributed by atoms with van der Waals surface area (Å²) in [6.45, 7) is -0.601. The van der Waals surface area contributed by atoms with E-state index in [4.69, 9.17) is 27.9 Å². The fourth-order valence-corrected chi connectivity index (χ4v) is 2.27. The standard InChI is InChI=1S/C13H10Cl2F3N3O2/c1-21-5-7(11(20-21)13(16,17)18)6-23-12(22)19-10-8(14)3-2-4-9(10)15/h2-5H,6H2,1H3,(H,19,22). The number of para-hydroxylation sites is 1. The Hall–Kier alpha value is -1.93. The summed E-state index contributed by atoms with van der Waals surface area (Å²) in [7, 11) is 1.34. The van der Waals surface area contributed by atoms with Gasteiger partial charge in [0.25, 0.3) is 0 Å². The van der Waals surface area contributed by atoms with Crippen LogP contribution in [-0.2, 0) is 24.6 Å². The number of anilines is 1. The average Bonchev–Trinajstić information content (AvgIpc) is 2.82. The van der Waals surface area contributed by atoms with Gasteiger partial charge in [0.15, 0.2) is 5.69 Å². The van der Waals surface area contributed by atoms with Gasteiger partial charge in [0.1, 0.15) is 6.61 Å². The second kappa shape index (κ2) is 6.67. The number of carbonyl (C=O) groups excluding carboxylic acids is 1. The Morgan fingerprint density at radius 1 is 1.35 bits per heavy atom. The van der Waals surface area contributed by atoms with Gasteiger partial charge in [-0.15, -0.1) is 0 Å². The molecule has 5 nitrogen and oxygen atoms in total. The number of nitrogens with one attached hydrogen (secondary N) is 1. The molecular weight excluding hydrogens is 358 g/mol. The van der Waals surface area contributed by atoms with Crippen LogP contribution in [0.2, 0.25) is 10.0 Å². The van der Waals surface area contributed by atoms with Crippen LogP contribution in [0, 0.1) is 0 Å². The molecule has 2 aromatic rings. The third kappa shape index (κ3) is 4.29. The minimum absolute atomic E-state index is 0.114. The number of aryl methyl sites for hydroxylation is 1. The number of hydrogen-bond donors (Lipinski definition) is 1. The lowest BCUT2D eigenvalue weighted by Crippen LogP contribution is -2.16. The number of aromatic nitrogens is 2. The van der Waals surface area contributed by atoms with Crippen molar-refractivity contribution in [2.75, 3.05) is 5.32 Å². The molecule has 124 valence electrons. The van der Waals surface area contributed by atoms with E-state index in [1.165, 1.54) is 19.2 Å². The van der Waals surface area contributed by atoms with Gasteiger partial charge in [-0.1, -0.05) is 29.3 Å². The molecule has 0 aliphatic rings. The number of hydrogen-bond acceptors (Lipinski definition) is 3. The number of amides is 1. The lowest BCUT2D eigenvalue weighted by molar-refractivity contribution is -0.142. The smallest absolute Gasteiger partial charge is 0.435 e. The van der Waals surface area contributed by atoms with Crippen LogP contribution in [0.5, 0.6) is 0 Å². The molecule has 2 rings (SSSR count). The van der Waals surface area contributed by atoms with Crippen LogP contribution in [0.1, 0.15) is 11.3 Å². The van der Waals surface area contributed by atoms with E-state index in [1.807, 2.05) is 0 Å². The number of rotatable bonds is 3. The van der Waals surface area contributed by atoms with E-state index in [0.717, 1.165) is 10.9 Å². The number of alkyl halides is 3. The van der Waals surface area contributed by atoms with E-state index in [2.05, 4.69) is 10.4 Å². The highest BCUT2D eigenvalue weighted by molar-refractivity contribution is 6.39. The molecule has 0 atom stereocenters. The molecule has 0 saturated carbocycles. The first kappa shape index (κ1) is 17.4. The van der Waals surface area contributed by atoms with E-state index in [0.29, 0.717) is 0 Å². The monoisotopic (exact) mass is 367 g/mol. The van der Waals surface area contributed by atoms with Crippen LogP contribution in [0.3, 0.4) is 0 Å². The van der Waals surface area contributed by atoms with Crippen molar-refractivity contribution < 1.29 is 22.7 Å². The molecule has 0 fully saturated rings. The molecule has 1 N–H and O–H groups in total. The van der Waals surface area contributed by atoms with Gasteiger partial charge in [0, 0.05) is 18.8 Å². The number of benzene rings is 1. The molecule has 0 spiro atoms.